The number of rotatable bonds is 2. The second-order valence-electron chi connectivity index (χ2n) is 2.16. The summed E-state index contributed by atoms with van der Waals surface area (Å²) < 4.78 is 0. The van der Waals surface area contributed by atoms with E-state index in [0.29, 0.717) is 5.92 Å². The third-order valence-corrected chi connectivity index (χ3v) is 1.45. The maximum atomic E-state index is 3.83. The molecule has 0 radical (unpaired) electrons. The van der Waals surface area contributed by atoms with Crippen molar-refractivity contribution in [3.63, 3.8) is 0 Å². The van der Waals surface area contributed by atoms with E-state index in [-0.39, 0.29) is 7.43 Å². The number of hydrogen-bond acceptors (Lipinski definition) is 0. The van der Waals surface area contributed by atoms with Gasteiger partial charge in [-0.25, -0.2) is 0 Å². The first kappa shape index (κ1) is 10.7. The van der Waals surface area contributed by atoms with Crippen LogP contribution in [0.1, 0.15) is 34.6 Å². The van der Waals surface area contributed by atoms with Gasteiger partial charge in [0.25, 0.3) is 0 Å². The zero-order valence-corrected chi connectivity index (χ0v) is 5.49. The molecule has 0 aliphatic heterocycles. The largest absolute Gasteiger partial charge is 0.0999 e. The predicted octanol–water partition coefficient (Wildman–Crippen LogP) is 3.24. The van der Waals surface area contributed by atoms with Gasteiger partial charge in [0.2, 0.25) is 0 Å². The van der Waals surface area contributed by atoms with Crippen LogP contribution >= 0.6 is 0 Å². The highest BCUT2D eigenvalue weighted by Gasteiger charge is 1.94. The summed E-state index contributed by atoms with van der Waals surface area (Å²) >= 11 is 0. The van der Waals surface area contributed by atoms with Crippen molar-refractivity contribution >= 4 is 0 Å². The molecule has 50 valence electrons. The van der Waals surface area contributed by atoms with Gasteiger partial charge in [0, 0.05) is 0 Å². The van der Waals surface area contributed by atoms with Gasteiger partial charge in [0.15, 0.2) is 0 Å². The maximum absolute atomic E-state index is 3.83. The van der Waals surface area contributed by atoms with E-state index in [1.165, 1.54) is 12.0 Å². The Hall–Kier alpha value is -0.260. The van der Waals surface area contributed by atoms with Crippen LogP contribution in [0.3, 0.4) is 0 Å². The Morgan fingerprint density at radius 1 is 1.62 bits per heavy atom. The summed E-state index contributed by atoms with van der Waals surface area (Å²) in [6, 6.07) is 0. The van der Waals surface area contributed by atoms with Crippen molar-refractivity contribution in [3.8, 4) is 0 Å². The minimum absolute atomic E-state index is 0. The fourth-order valence-corrected chi connectivity index (χ4v) is 0.348. The standard InChI is InChI=1S/C7H14.CH4/c1-5-7(4)6(2)3;/h7H,2,5H2,1,3-4H3;1H4. The lowest BCUT2D eigenvalue weighted by Crippen LogP contribution is -1.89. The Bertz CT molecular complexity index is 62.4. The quantitative estimate of drug-likeness (QED) is 0.483. The van der Waals surface area contributed by atoms with Crippen molar-refractivity contribution in [1.82, 2.24) is 0 Å². The van der Waals surface area contributed by atoms with Crippen molar-refractivity contribution < 1.29 is 0 Å². The molecule has 0 nitrogen and oxygen atoms in total. The topological polar surface area (TPSA) is 0 Å². The lowest BCUT2D eigenvalue weighted by Gasteiger charge is -2.04. The molecule has 0 saturated heterocycles. The molecule has 0 aromatic heterocycles. The van der Waals surface area contributed by atoms with E-state index in [1.54, 1.807) is 0 Å². The predicted molar refractivity (Wildman–Crippen MR) is 41.0 cm³/mol. The van der Waals surface area contributed by atoms with Gasteiger partial charge in [0.05, 0.1) is 0 Å². The van der Waals surface area contributed by atoms with Crippen molar-refractivity contribution in [3.05, 3.63) is 12.2 Å². The minimum atomic E-state index is 0. The van der Waals surface area contributed by atoms with Gasteiger partial charge in [-0.15, -0.1) is 0 Å². The summed E-state index contributed by atoms with van der Waals surface area (Å²) in [6.07, 6.45) is 1.22. The molecule has 0 amide bonds. The Labute approximate surface area is 53.6 Å². The average molecular weight is 114 g/mol. The molecular formula is C8H18. The van der Waals surface area contributed by atoms with Crippen molar-refractivity contribution in [2.24, 2.45) is 5.92 Å². The summed E-state index contributed by atoms with van der Waals surface area (Å²) in [5.41, 5.74) is 1.29. The van der Waals surface area contributed by atoms with Crippen molar-refractivity contribution in [2.75, 3.05) is 0 Å². The van der Waals surface area contributed by atoms with Gasteiger partial charge < -0.3 is 0 Å². The molecule has 0 aliphatic carbocycles. The van der Waals surface area contributed by atoms with Gasteiger partial charge in [-0.3, -0.25) is 0 Å². The van der Waals surface area contributed by atoms with E-state index in [0.717, 1.165) is 0 Å². The number of hydrogen-bond donors (Lipinski definition) is 0. The van der Waals surface area contributed by atoms with E-state index >= 15 is 0 Å². The highest BCUT2D eigenvalue weighted by atomic mass is 14.0. The van der Waals surface area contributed by atoms with E-state index in [2.05, 4.69) is 27.4 Å². The van der Waals surface area contributed by atoms with Crippen LogP contribution in [0.25, 0.3) is 0 Å². The lowest BCUT2D eigenvalue weighted by molar-refractivity contribution is 0.658. The fourth-order valence-electron chi connectivity index (χ4n) is 0.348. The maximum Gasteiger partial charge on any atom is -0.0240 e. The van der Waals surface area contributed by atoms with Gasteiger partial charge in [-0.1, -0.05) is 33.4 Å². The van der Waals surface area contributed by atoms with Gasteiger partial charge in [-0.2, -0.15) is 0 Å². The first-order valence-corrected chi connectivity index (χ1v) is 2.83. The lowest BCUT2D eigenvalue weighted by atomic mass is 10.0. The smallest absolute Gasteiger partial charge is 0.0240 e. The molecule has 0 spiro atoms. The minimum Gasteiger partial charge on any atom is -0.0999 e. The fraction of sp³-hybridized carbons (Fsp3) is 0.750. The molecule has 8 heavy (non-hydrogen) atoms. The first-order valence-electron chi connectivity index (χ1n) is 2.83. The van der Waals surface area contributed by atoms with Crippen LogP contribution in [-0.4, -0.2) is 0 Å². The molecule has 0 N–H and O–H groups in total. The first-order chi connectivity index (χ1) is 3.18. The molecule has 0 heteroatoms. The molecule has 0 aromatic carbocycles. The Kier molecular flexibility index (Phi) is 6.52. The van der Waals surface area contributed by atoms with E-state index in [1.807, 2.05) is 0 Å². The highest BCUT2D eigenvalue weighted by Crippen LogP contribution is 2.09. The van der Waals surface area contributed by atoms with Gasteiger partial charge in [0.1, 0.15) is 0 Å². The molecule has 0 bridgehead atoms. The third kappa shape index (κ3) is 3.91. The normalized spacial score (nSPS) is 11.9. The van der Waals surface area contributed by atoms with E-state index < -0.39 is 0 Å². The summed E-state index contributed by atoms with van der Waals surface area (Å²) in [5.74, 6) is 0.708. The second-order valence-corrected chi connectivity index (χ2v) is 2.16. The molecule has 1 atom stereocenters. The van der Waals surface area contributed by atoms with Gasteiger partial charge in [-0.05, 0) is 19.3 Å². The van der Waals surface area contributed by atoms with Crippen LogP contribution in [0, 0.1) is 5.92 Å². The summed E-state index contributed by atoms with van der Waals surface area (Å²) in [4.78, 5) is 0. The Morgan fingerprint density at radius 2 is 2.00 bits per heavy atom. The van der Waals surface area contributed by atoms with E-state index in [4.69, 9.17) is 0 Å². The molecule has 0 saturated carbocycles. The zero-order chi connectivity index (χ0) is 5.86. The zero-order valence-electron chi connectivity index (χ0n) is 5.49. The summed E-state index contributed by atoms with van der Waals surface area (Å²) in [6.45, 7) is 10.3. The van der Waals surface area contributed by atoms with Crippen LogP contribution < -0.4 is 0 Å². The highest BCUT2D eigenvalue weighted by molar-refractivity contribution is 4.92. The van der Waals surface area contributed by atoms with Crippen LogP contribution in [0.4, 0.5) is 0 Å². The molecular weight excluding hydrogens is 96.1 g/mol. The molecule has 1 unspecified atom stereocenters. The molecule has 0 heterocycles. The van der Waals surface area contributed by atoms with Crippen molar-refractivity contribution in [2.45, 2.75) is 34.6 Å². The average Bonchev–Trinajstić information content (AvgIpc) is 1.65. The van der Waals surface area contributed by atoms with Crippen molar-refractivity contribution in [1.29, 1.82) is 0 Å². The molecule has 0 rings (SSSR count). The van der Waals surface area contributed by atoms with Gasteiger partial charge >= 0.3 is 0 Å². The van der Waals surface area contributed by atoms with Crippen LogP contribution in [0.2, 0.25) is 0 Å². The van der Waals surface area contributed by atoms with Crippen LogP contribution in [0.15, 0.2) is 12.2 Å². The molecule has 0 aliphatic rings. The molecule has 0 aromatic rings. The van der Waals surface area contributed by atoms with Crippen LogP contribution in [0.5, 0.6) is 0 Å². The third-order valence-electron chi connectivity index (χ3n) is 1.45. The monoisotopic (exact) mass is 114 g/mol. The second kappa shape index (κ2) is 4.89. The Balaban J connectivity index is 0. The number of allylic oxidation sites excluding steroid dienone is 1. The summed E-state index contributed by atoms with van der Waals surface area (Å²) in [5, 5.41) is 0. The van der Waals surface area contributed by atoms with E-state index in [9.17, 15) is 0 Å². The van der Waals surface area contributed by atoms with Crippen LogP contribution in [-0.2, 0) is 0 Å². The molecule has 0 fully saturated rings. The summed E-state index contributed by atoms with van der Waals surface area (Å²) in [7, 11) is 0. The Morgan fingerprint density at radius 3 is 2.00 bits per heavy atom. The SMILES string of the molecule is C.C=C(C)C(C)CC.